The molecule has 1 unspecified atom stereocenters. The molecule has 1 saturated heterocycles. The third-order valence-corrected chi connectivity index (χ3v) is 3.53. The number of nitrogens with zero attached hydrogens (tertiary/aromatic N) is 1. The van der Waals surface area contributed by atoms with Crippen LogP contribution in [-0.4, -0.2) is 35.6 Å². The third-order valence-electron chi connectivity index (χ3n) is 3.29. The van der Waals surface area contributed by atoms with E-state index in [-0.39, 0.29) is 6.54 Å². The van der Waals surface area contributed by atoms with Crippen molar-refractivity contribution in [3.63, 3.8) is 0 Å². The van der Waals surface area contributed by atoms with Crippen molar-refractivity contribution in [3.8, 4) is 0 Å². The Morgan fingerprint density at radius 1 is 1.42 bits per heavy atom. The van der Waals surface area contributed by atoms with E-state index >= 15 is 0 Å². The summed E-state index contributed by atoms with van der Waals surface area (Å²) >= 11 is 5.91. The van der Waals surface area contributed by atoms with Crippen LogP contribution in [0.1, 0.15) is 16.8 Å². The zero-order valence-electron chi connectivity index (χ0n) is 10.1. The number of benzene rings is 1. The minimum absolute atomic E-state index is 0.114. The number of primary amides is 1. The summed E-state index contributed by atoms with van der Waals surface area (Å²) in [5, 5.41) is 9.55. The van der Waals surface area contributed by atoms with E-state index in [0.717, 1.165) is 0 Å². The average Bonchev–Trinajstić information content (AvgIpc) is 2.73. The van der Waals surface area contributed by atoms with Gasteiger partial charge in [-0.25, -0.2) is 0 Å². The highest BCUT2D eigenvalue weighted by Gasteiger charge is 2.42. The van der Waals surface area contributed by atoms with Crippen LogP contribution in [0, 0.1) is 0 Å². The summed E-state index contributed by atoms with van der Waals surface area (Å²) in [5.41, 5.74) is 10.6. The Morgan fingerprint density at radius 2 is 2.11 bits per heavy atom. The summed E-state index contributed by atoms with van der Waals surface area (Å²) in [6.45, 7) is 0.548. The number of hydrogen-bond donors (Lipinski definition) is 3. The first-order valence-electron chi connectivity index (χ1n) is 5.70. The molecule has 1 amide bonds. The number of carboxylic acid groups (broad SMARTS) is 1. The zero-order valence-corrected chi connectivity index (χ0v) is 10.9. The smallest absolute Gasteiger partial charge is 0.325 e. The van der Waals surface area contributed by atoms with Crippen LogP contribution in [0.5, 0.6) is 0 Å². The lowest BCUT2D eigenvalue weighted by Crippen LogP contribution is -2.50. The standard InChI is InChI=1S/C12H14ClN3O3/c13-7-1-2-8(10(14)17)9(5-7)16-4-3-12(15,6-16)11(18)19/h1-2,5H,3-4,6,15H2,(H2,14,17)(H,18,19). The van der Waals surface area contributed by atoms with Crippen LogP contribution in [0.15, 0.2) is 18.2 Å². The molecule has 0 aliphatic carbocycles. The molecule has 1 atom stereocenters. The van der Waals surface area contributed by atoms with Crippen LogP contribution in [0.3, 0.4) is 0 Å². The summed E-state index contributed by atoms with van der Waals surface area (Å²) in [5.74, 6) is -1.64. The van der Waals surface area contributed by atoms with Gasteiger partial charge in [-0.3, -0.25) is 9.59 Å². The van der Waals surface area contributed by atoms with Crippen LogP contribution in [-0.2, 0) is 4.79 Å². The van der Waals surface area contributed by atoms with E-state index in [1.807, 2.05) is 0 Å². The topological polar surface area (TPSA) is 110 Å². The van der Waals surface area contributed by atoms with E-state index in [1.165, 1.54) is 6.07 Å². The number of halogens is 1. The number of rotatable bonds is 3. The first-order valence-corrected chi connectivity index (χ1v) is 6.08. The Balaban J connectivity index is 2.36. The lowest BCUT2D eigenvalue weighted by Gasteiger charge is -2.23. The van der Waals surface area contributed by atoms with Gasteiger partial charge in [-0.15, -0.1) is 0 Å². The molecule has 0 saturated carbocycles. The Bertz CT molecular complexity index is 549. The van der Waals surface area contributed by atoms with Crippen molar-refractivity contribution in [1.29, 1.82) is 0 Å². The van der Waals surface area contributed by atoms with Gasteiger partial charge < -0.3 is 21.5 Å². The molecule has 1 aliphatic rings. The molecule has 1 heterocycles. The molecular formula is C12H14ClN3O3. The maximum atomic E-state index is 11.4. The van der Waals surface area contributed by atoms with Crippen LogP contribution < -0.4 is 16.4 Å². The fraction of sp³-hybridized carbons (Fsp3) is 0.333. The Labute approximate surface area is 114 Å². The normalized spacial score (nSPS) is 22.5. The molecule has 102 valence electrons. The van der Waals surface area contributed by atoms with E-state index < -0.39 is 17.4 Å². The minimum atomic E-state index is -1.31. The van der Waals surface area contributed by atoms with Gasteiger partial charge in [0.15, 0.2) is 0 Å². The second-order valence-electron chi connectivity index (χ2n) is 4.66. The van der Waals surface area contributed by atoms with Crippen LogP contribution in [0.25, 0.3) is 0 Å². The van der Waals surface area contributed by atoms with Crippen molar-refractivity contribution < 1.29 is 14.7 Å². The number of aliphatic carboxylic acids is 1. The van der Waals surface area contributed by atoms with Crippen LogP contribution >= 0.6 is 11.6 Å². The van der Waals surface area contributed by atoms with E-state index in [0.29, 0.717) is 29.2 Å². The van der Waals surface area contributed by atoms with Gasteiger partial charge in [-0.05, 0) is 24.6 Å². The molecule has 0 radical (unpaired) electrons. The number of amides is 1. The highest BCUT2D eigenvalue weighted by molar-refractivity contribution is 6.31. The van der Waals surface area contributed by atoms with Crippen molar-refractivity contribution in [3.05, 3.63) is 28.8 Å². The van der Waals surface area contributed by atoms with Gasteiger partial charge in [-0.2, -0.15) is 0 Å². The van der Waals surface area contributed by atoms with Gasteiger partial charge in [0.25, 0.3) is 5.91 Å². The summed E-state index contributed by atoms with van der Waals surface area (Å²) in [4.78, 5) is 24.2. The van der Waals surface area contributed by atoms with Crippen molar-refractivity contribution in [1.82, 2.24) is 0 Å². The molecule has 2 rings (SSSR count). The van der Waals surface area contributed by atoms with Crippen molar-refractivity contribution in [2.45, 2.75) is 12.0 Å². The predicted molar refractivity (Wildman–Crippen MR) is 71.4 cm³/mol. The SMILES string of the molecule is NC(=O)c1ccc(Cl)cc1N1CCC(N)(C(=O)O)C1. The molecule has 0 aromatic heterocycles. The molecule has 0 spiro atoms. The second-order valence-corrected chi connectivity index (χ2v) is 5.10. The Morgan fingerprint density at radius 3 is 2.63 bits per heavy atom. The first-order chi connectivity index (χ1) is 8.83. The van der Waals surface area contributed by atoms with Gasteiger partial charge in [0.2, 0.25) is 0 Å². The maximum absolute atomic E-state index is 11.4. The Kier molecular flexibility index (Phi) is 3.38. The lowest BCUT2D eigenvalue weighted by atomic mass is 10.0. The lowest BCUT2D eigenvalue weighted by molar-refractivity contribution is -0.142. The van der Waals surface area contributed by atoms with Crippen molar-refractivity contribution >= 4 is 29.2 Å². The van der Waals surface area contributed by atoms with E-state index in [1.54, 1.807) is 17.0 Å². The molecule has 5 N–H and O–H groups in total. The number of carbonyl (C=O) groups excluding carboxylic acids is 1. The number of anilines is 1. The molecule has 19 heavy (non-hydrogen) atoms. The first kappa shape index (κ1) is 13.6. The third kappa shape index (κ3) is 2.50. The molecule has 1 fully saturated rings. The fourth-order valence-electron chi connectivity index (χ4n) is 2.19. The van der Waals surface area contributed by atoms with Gasteiger partial charge in [0.05, 0.1) is 11.3 Å². The molecular weight excluding hydrogens is 270 g/mol. The highest BCUT2D eigenvalue weighted by Crippen LogP contribution is 2.30. The quantitative estimate of drug-likeness (QED) is 0.745. The molecule has 7 heteroatoms. The van der Waals surface area contributed by atoms with Crippen molar-refractivity contribution in [2.75, 3.05) is 18.0 Å². The predicted octanol–water partition coefficient (Wildman–Crippen LogP) is 0.431. The summed E-state index contributed by atoms with van der Waals surface area (Å²) < 4.78 is 0. The number of carbonyl (C=O) groups is 2. The van der Waals surface area contributed by atoms with Gasteiger partial charge in [0, 0.05) is 18.1 Å². The molecule has 6 nitrogen and oxygen atoms in total. The summed E-state index contributed by atoms with van der Waals surface area (Å²) in [7, 11) is 0. The molecule has 1 aromatic rings. The van der Waals surface area contributed by atoms with Gasteiger partial charge in [0.1, 0.15) is 5.54 Å². The molecule has 0 bridgehead atoms. The van der Waals surface area contributed by atoms with Crippen LogP contribution in [0.2, 0.25) is 5.02 Å². The monoisotopic (exact) mass is 283 g/mol. The fourth-order valence-corrected chi connectivity index (χ4v) is 2.35. The van der Waals surface area contributed by atoms with Gasteiger partial charge >= 0.3 is 5.97 Å². The van der Waals surface area contributed by atoms with E-state index in [2.05, 4.69) is 0 Å². The largest absolute Gasteiger partial charge is 0.480 e. The van der Waals surface area contributed by atoms with Crippen LogP contribution in [0.4, 0.5) is 5.69 Å². The maximum Gasteiger partial charge on any atom is 0.325 e. The minimum Gasteiger partial charge on any atom is -0.480 e. The summed E-state index contributed by atoms with van der Waals surface area (Å²) in [6.07, 6.45) is 0.299. The molecule has 1 aromatic carbocycles. The second kappa shape index (κ2) is 4.71. The number of hydrogen-bond acceptors (Lipinski definition) is 4. The number of carboxylic acids is 1. The van der Waals surface area contributed by atoms with E-state index in [9.17, 15) is 9.59 Å². The van der Waals surface area contributed by atoms with Crippen molar-refractivity contribution in [2.24, 2.45) is 11.5 Å². The van der Waals surface area contributed by atoms with E-state index in [4.69, 9.17) is 28.2 Å². The highest BCUT2D eigenvalue weighted by atomic mass is 35.5. The summed E-state index contributed by atoms with van der Waals surface area (Å²) in [6, 6.07) is 4.68. The molecule has 1 aliphatic heterocycles. The van der Waals surface area contributed by atoms with Gasteiger partial charge in [-0.1, -0.05) is 11.6 Å². The number of nitrogens with two attached hydrogens (primary N) is 2. The Hall–Kier alpha value is -1.79. The average molecular weight is 284 g/mol. The zero-order chi connectivity index (χ0) is 14.2.